The van der Waals surface area contributed by atoms with Crippen LogP contribution >= 0.6 is 0 Å². The van der Waals surface area contributed by atoms with Gasteiger partial charge in [-0.25, -0.2) is 4.39 Å². The maximum Gasteiger partial charge on any atom is 0.123 e. The number of fused-ring (bicyclic) bond motifs is 2. The van der Waals surface area contributed by atoms with Crippen molar-refractivity contribution in [2.24, 2.45) is 0 Å². The van der Waals surface area contributed by atoms with Gasteiger partial charge in [0.1, 0.15) is 11.5 Å². The Balaban J connectivity index is 1.52. The van der Waals surface area contributed by atoms with Crippen molar-refractivity contribution in [2.45, 2.75) is 0 Å². The third kappa shape index (κ3) is 2.97. The van der Waals surface area contributed by atoms with Crippen LogP contribution in [0.15, 0.2) is 85.3 Å². The van der Waals surface area contributed by atoms with E-state index in [9.17, 15) is 4.39 Å². The van der Waals surface area contributed by atoms with E-state index >= 15 is 0 Å². The fourth-order valence-corrected chi connectivity index (χ4v) is 3.98. The van der Waals surface area contributed by atoms with Crippen molar-refractivity contribution < 1.29 is 4.39 Å². The van der Waals surface area contributed by atoms with E-state index in [-0.39, 0.29) is 5.82 Å². The highest BCUT2D eigenvalue weighted by Crippen LogP contribution is 2.34. The lowest BCUT2D eigenvalue weighted by Gasteiger charge is -2.02. The minimum Gasteiger partial charge on any atom is -0.353 e. The van der Waals surface area contributed by atoms with Crippen LogP contribution < -0.4 is 0 Å². The molecule has 0 saturated heterocycles. The van der Waals surface area contributed by atoms with Gasteiger partial charge < -0.3 is 4.98 Å². The third-order valence-corrected chi connectivity index (χ3v) is 5.46. The van der Waals surface area contributed by atoms with Gasteiger partial charge in [-0.3, -0.25) is 15.1 Å². The summed E-state index contributed by atoms with van der Waals surface area (Å²) in [5, 5.41) is 9.60. The smallest absolute Gasteiger partial charge is 0.123 e. The van der Waals surface area contributed by atoms with Gasteiger partial charge in [0, 0.05) is 46.0 Å². The average Bonchev–Trinajstić information content (AvgIpc) is 3.43. The molecule has 0 aliphatic carbocycles. The van der Waals surface area contributed by atoms with Gasteiger partial charge in [-0.1, -0.05) is 24.3 Å². The SMILES string of the molecule is Fc1cccc(-c2nccc3[nH]c(-c4n[nH]c5ccc(-c6cccnc6)cc45)cc23)c1. The number of H-pyrrole nitrogens is 2. The summed E-state index contributed by atoms with van der Waals surface area (Å²) in [6.45, 7) is 0. The van der Waals surface area contributed by atoms with Crippen LogP contribution in [0.4, 0.5) is 4.39 Å². The maximum atomic E-state index is 13.8. The molecular weight excluding hydrogens is 389 g/mol. The van der Waals surface area contributed by atoms with Crippen molar-refractivity contribution in [2.75, 3.05) is 0 Å². The van der Waals surface area contributed by atoms with Gasteiger partial charge in [0.15, 0.2) is 0 Å². The zero-order valence-electron chi connectivity index (χ0n) is 16.3. The van der Waals surface area contributed by atoms with Gasteiger partial charge in [-0.15, -0.1) is 0 Å². The first-order valence-electron chi connectivity index (χ1n) is 9.89. The number of pyridine rings is 2. The van der Waals surface area contributed by atoms with Crippen LogP contribution in [-0.4, -0.2) is 25.1 Å². The predicted molar refractivity (Wildman–Crippen MR) is 120 cm³/mol. The molecule has 31 heavy (non-hydrogen) atoms. The summed E-state index contributed by atoms with van der Waals surface area (Å²) in [5.41, 5.74) is 7.15. The molecule has 6 heteroatoms. The van der Waals surface area contributed by atoms with E-state index in [2.05, 4.69) is 37.3 Å². The number of benzene rings is 2. The molecule has 0 atom stereocenters. The Morgan fingerprint density at radius 1 is 0.710 bits per heavy atom. The van der Waals surface area contributed by atoms with Gasteiger partial charge in [0.05, 0.1) is 16.9 Å². The van der Waals surface area contributed by atoms with Gasteiger partial charge in [0.25, 0.3) is 0 Å². The molecule has 0 aliphatic heterocycles. The summed E-state index contributed by atoms with van der Waals surface area (Å²) in [4.78, 5) is 12.2. The minimum absolute atomic E-state index is 0.284. The molecule has 148 valence electrons. The highest BCUT2D eigenvalue weighted by molar-refractivity contribution is 6.00. The Labute approximate surface area is 176 Å². The van der Waals surface area contributed by atoms with Crippen LogP contribution in [0, 0.1) is 5.82 Å². The van der Waals surface area contributed by atoms with Crippen LogP contribution in [0.25, 0.3) is 55.6 Å². The lowest BCUT2D eigenvalue weighted by molar-refractivity contribution is 0.628. The Morgan fingerprint density at radius 3 is 2.48 bits per heavy atom. The molecular formula is C25H16FN5. The van der Waals surface area contributed by atoms with Crippen LogP contribution in [0.1, 0.15) is 0 Å². The monoisotopic (exact) mass is 405 g/mol. The molecule has 0 amide bonds. The van der Waals surface area contributed by atoms with E-state index < -0.39 is 0 Å². The number of rotatable bonds is 3. The van der Waals surface area contributed by atoms with Crippen LogP contribution in [0.3, 0.4) is 0 Å². The molecule has 6 rings (SSSR count). The molecule has 2 aromatic carbocycles. The molecule has 0 fully saturated rings. The molecule has 4 heterocycles. The zero-order chi connectivity index (χ0) is 20.8. The maximum absolute atomic E-state index is 13.8. The predicted octanol–water partition coefficient (Wildman–Crippen LogP) is 5.97. The molecule has 6 aromatic rings. The van der Waals surface area contributed by atoms with Crippen molar-refractivity contribution in [3.05, 3.63) is 91.1 Å². The summed E-state index contributed by atoms with van der Waals surface area (Å²) in [5.74, 6) is -0.284. The second kappa shape index (κ2) is 6.88. The van der Waals surface area contributed by atoms with Crippen LogP contribution in [-0.2, 0) is 0 Å². The van der Waals surface area contributed by atoms with E-state index in [0.717, 1.165) is 55.6 Å². The first-order valence-corrected chi connectivity index (χ1v) is 9.89. The third-order valence-electron chi connectivity index (χ3n) is 5.46. The molecule has 0 unspecified atom stereocenters. The molecule has 0 saturated carbocycles. The highest BCUT2D eigenvalue weighted by atomic mass is 19.1. The van der Waals surface area contributed by atoms with Crippen molar-refractivity contribution in [3.8, 4) is 33.8 Å². The zero-order valence-corrected chi connectivity index (χ0v) is 16.3. The lowest BCUT2D eigenvalue weighted by atomic mass is 10.0. The molecule has 0 radical (unpaired) electrons. The van der Waals surface area contributed by atoms with E-state index in [4.69, 9.17) is 0 Å². The quantitative estimate of drug-likeness (QED) is 0.381. The van der Waals surface area contributed by atoms with E-state index in [0.29, 0.717) is 0 Å². The highest BCUT2D eigenvalue weighted by Gasteiger charge is 2.15. The Morgan fingerprint density at radius 2 is 1.61 bits per heavy atom. The van der Waals surface area contributed by atoms with Crippen LogP contribution in [0.5, 0.6) is 0 Å². The van der Waals surface area contributed by atoms with Gasteiger partial charge in [-0.2, -0.15) is 5.10 Å². The average molecular weight is 405 g/mol. The standard InChI is InChI=1S/C25H16FN5/c26-18-5-1-3-16(11-18)24-20-13-23(29-21(20)8-10-28-24)25-19-12-15(6-7-22(19)30-31-25)17-4-2-9-27-14-17/h1-14,29H,(H,30,31). The van der Waals surface area contributed by atoms with Crippen molar-refractivity contribution in [1.29, 1.82) is 0 Å². The van der Waals surface area contributed by atoms with Gasteiger partial charge in [-0.05, 0) is 48.0 Å². The Bertz CT molecular complexity index is 1550. The first kappa shape index (κ1) is 17.5. The summed E-state index contributed by atoms with van der Waals surface area (Å²) in [6.07, 6.45) is 5.34. The number of aromatic amines is 2. The summed E-state index contributed by atoms with van der Waals surface area (Å²) < 4.78 is 13.8. The number of aromatic nitrogens is 5. The molecule has 5 nitrogen and oxygen atoms in total. The van der Waals surface area contributed by atoms with E-state index in [1.807, 2.05) is 42.6 Å². The molecule has 2 N–H and O–H groups in total. The number of nitrogens with zero attached hydrogens (tertiary/aromatic N) is 3. The van der Waals surface area contributed by atoms with Crippen molar-refractivity contribution in [3.63, 3.8) is 0 Å². The second-order valence-corrected chi connectivity index (χ2v) is 7.39. The van der Waals surface area contributed by atoms with E-state index in [1.165, 1.54) is 12.1 Å². The van der Waals surface area contributed by atoms with Crippen LogP contribution in [0.2, 0.25) is 0 Å². The summed E-state index contributed by atoms with van der Waals surface area (Å²) in [7, 11) is 0. The Kier molecular flexibility index (Phi) is 3.89. The molecule has 0 bridgehead atoms. The Hall–Kier alpha value is -4.32. The lowest BCUT2D eigenvalue weighted by Crippen LogP contribution is -1.85. The van der Waals surface area contributed by atoms with Gasteiger partial charge in [0.2, 0.25) is 0 Å². The van der Waals surface area contributed by atoms with Crippen molar-refractivity contribution in [1.82, 2.24) is 25.1 Å². The molecule has 0 aliphatic rings. The fourth-order valence-electron chi connectivity index (χ4n) is 3.98. The van der Waals surface area contributed by atoms with E-state index in [1.54, 1.807) is 18.5 Å². The largest absolute Gasteiger partial charge is 0.353 e. The molecule has 0 spiro atoms. The number of hydrogen-bond acceptors (Lipinski definition) is 3. The topological polar surface area (TPSA) is 70.2 Å². The number of hydrogen-bond donors (Lipinski definition) is 2. The fraction of sp³-hybridized carbons (Fsp3) is 0. The normalized spacial score (nSPS) is 11.4. The summed E-state index contributed by atoms with van der Waals surface area (Å²) >= 11 is 0. The number of halogens is 1. The minimum atomic E-state index is -0.284. The first-order chi connectivity index (χ1) is 15.3. The molecule has 4 aromatic heterocycles. The summed E-state index contributed by atoms with van der Waals surface area (Å²) in [6, 6.07) is 20.6. The van der Waals surface area contributed by atoms with Gasteiger partial charge >= 0.3 is 0 Å². The second-order valence-electron chi connectivity index (χ2n) is 7.39. The van der Waals surface area contributed by atoms with Crippen molar-refractivity contribution >= 4 is 21.8 Å². The number of nitrogens with one attached hydrogen (secondary N) is 2.